The monoisotopic (exact) mass is 1030 g/mol. The third-order valence-electron chi connectivity index (χ3n) is 20.8. The predicted molar refractivity (Wildman–Crippen MR) is 340 cm³/mol. The maximum absolute atomic E-state index is 9.37. The molecule has 1 N–H and O–H groups in total. The number of hydrogen-bond acceptors (Lipinski definition) is 1. The molecule has 406 valence electrons. The first-order chi connectivity index (χ1) is 37.8. The van der Waals surface area contributed by atoms with E-state index in [0.717, 1.165) is 12.8 Å². The van der Waals surface area contributed by atoms with Crippen LogP contribution in [0, 0.1) is 0 Å². The van der Waals surface area contributed by atoms with Crippen LogP contribution in [0.15, 0.2) is 158 Å². The Labute approximate surface area is 469 Å². The Morgan fingerprint density at radius 1 is 0.218 bits per heavy atom. The topological polar surface area (TPSA) is 20.2 Å². The van der Waals surface area contributed by atoms with Crippen molar-refractivity contribution in [2.45, 2.75) is 222 Å². The summed E-state index contributed by atoms with van der Waals surface area (Å²) in [5, 5.41) is 25.8. The van der Waals surface area contributed by atoms with Crippen LogP contribution in [0.2, 0.25) is 0 Å². The Morgan fingerprint density at radius 3 is 0.628 bits per heavy atom. The zero-order valence-corrected chi connectivity index (χ0v) is 48.6. The zero-order valence-electron chi connectivity index (χ0n) is 48.6. The molecule has 0 radical (unpaired) electrons. The standard InChI is InChI=1S/2C28H34.C14H10.C7H14O/c1-27(13-5-3-6-14-27)25-11-9-21-18-24-20-26(28(2)15-7-4-8-16-28)12-10-22(24)17-23(21)19-25;1-27(13-5-3-6-14-27)25-11-9-21-17-22-10-12-26(20-24(22)18-23(21)19-25)28(2)15-7-4-8-16-28;1-2-6-12-10-14-8-4-3-7-13(14)9-11(12)5-1;1-7(8)5-3-2-4-6-7/h2*9-12,17-20H,3-8,13-16H2,1-2H3;1-10H;8H,2-6H2,1H3. The Kier molecular flexibility index (Phi) is 16.3. The third-order valence-corrected chi connectivity index (χ3v) is 20.8. The fourth-order valence-electron chi connectivity index (χ4n) is 15.2. The minimum absolute atomic E-state index is 0.321. The van der Waals surface area contributed by atoms with Crippen molar-refractivity contribution in [1.82, 2.24) is 0 Å². The molecule has 0 amide bonds. The molecular formula is C77H92O. The Balaban J connectivity index is 0.000000121. The van der Waals surface area contributed by atoms with Gasteiger partial charge in [-0.3, -0.25) is 0 Å². The molecule has 0 atom stereocenters. The van der Waals surface area contributed by atoms with Crippen molar-refractivity contribution >= 4 is 64.6 Å². The van der Waals surface area contributed by atoms with Crippen molar-refractivity contribution in [3.8, 4) is 0 Å². The molecule has 5 fully saturated rings. The highest BCUT2D eigenvalue weighted by Gasteiger charge is 2.32. The molecule has 0 spiro atoms. The van der Waals surface area contributed by atoms with Crippen LogP contribution < -0.4 is 0 Å². The van der Waals surface area contributed by atoms with Crippen LogP contribution in [0.3, 0.4) is 0 Å². The van der Waals surface area contributed by atoms with Gasteiger partial charge in [0.2, 0.25) is 0 Å². The molecule has 0 saturated heterocycles. The molecule has 9 aromatic carbocycles. The first kappa shape index (κ1) is 54.5. The fourth-order valence-corrected chi connectivity index (χ4v) is 15.2. The van der Waals surface area contributed by atoms with Crippen molar-refractivity contribution in [2.75, 3.05) is 0 Å². The Hall–Kier alpha value is -5.50. The van der Waals surface area contributed by atoms with Crippen molar-refractivity contribution in [1.29, 1.82) is 0 Å². The van der Waals surface area contributed by atoms with E-state index < -0.39 is 0 Å². The van der Waals surface area contributed by atoms with Gasteiger partial charge in [0.1, 0.15) is 0 Å². The minimum atomic E-state index is -0.321. The molecular weight excluding hydrogens is 941 g/mol. The maximum Gasteiger partial charge on any atom is 0.0619 e. The summed E-state index contributed by atoms with van der Waals surface area (Å²) in [4.78, 5) is 0. The van der Waals surface area contributed by atoms with Crippen LogP contribution in [-0.4, -0.2) is 10.7 Å². The summed E-state index contributed by atoms with van der Waals surface area (Å²) in [5.41, 5.74) is 7.37. The number of hydrogen-bond donors (Lipinski definition) is 1. The fraction of sp³-hybridized carbons (Fsp3) is 0.455. The quantitative estimate of drug-likeness (QED) is 0.174. The molecule has 78 heavy (non-hydrogen) atoms. The lowest BCUT2D eigenvalue weighted by Gasteiger charge is -2.34. The van der Waals surface area contributed by atoms with Crippen LogP contribution in [0.5, 0.6) is 0 Å². The summed E-state index contributed by atoms with van der Waals surface area (Å²) in [7, 11) is 0. The van der Waals surface area contributed by atoms with E-state index in [0.29, 0.717) is 21.7 Å². The summed E-state index contributed by atoms with van der Waals surface area (Å²) >= 11 is 0. The second kappa shape index (κ2) is 23.3. The van der Waals surface area contributed by atoms with Crippen LogP contribution in [-0.2, 0) is 21.7 Å². The average Bonchev–Trinajstić information content (AvgIpc) is 3.53. The van der Waals surface area contributed by atoms with Gasteiger partial charge in [0, 0.05) is 0 Å². The molecule has 5 aliphatic rings. The maximum atomic E-state index is 9.37. The van der Waals surface area contributed by atoms with Gasteiger partial charge in [0.25, 0.3) is 0 Å². The van der Waals surface area contributed by atoms with E-state index >= 15 is 0 Å². The highest BCUT2D eigenvalue weighted by molar-refractivity contribution is 6.00. The molecule has 5 aliphatic carbocycles. The highest BCUT2D eigenvalue weighted by Crippen LogP contribution is 2.45. The molecule has 1 nitrogen and oxygen atoms in total. The van der Waals surface area contributed by atoms with Crippen LogP contribution in [0.25, 0.3) is 64.6 Å². The molecule has 1 heteroatoms. The molecule has 14 rings (SSSR count). The molecule has 0 aromatic heterocycles. The lowest BCUT2D eigenvalue weighted by molar-refractivity contribution is 0.0225. The van der Waals surface area contributed by atoms with Crippen LogP contribution in [0.4, 0.5) is 0 Å². The van der Waals surface area contributed by atoms with Gasteiger partial charge >= 0.3 is 0 Å². The van der Waals surface area contributed by atoms with Crippen molar-refractivity contribution in [2.24, 2.45) is 0 Å². The SMILES string of the molecule is CC1(O)CCCCC1.CC1(c2ccc3cc4cc(C5(C)CCCCC5)ccc4cc3c2)CCCCC1.CC1(c2ccc3cc4ccc(C5(C)CCCCC5)cc4cc3c2)CCCCC1.c1ccc2cc3ccccc3cc2c1. The number of benzene rings is 9. The number of rotatable bonds is 4. The number of aliphatic hydroxyl groups is 1. The van der Waals surface area contributed by atoms with E-state index in [1.807, 2.05) is 6.92 Å². The van der Waals surface area contributed by atoms with Gasteiger partial charge < -0.3 is 5.11 Å². The Morgan fingerprint density at radius 2 is 0.410 bits per heavy atom. The van der Waals surface area contributed by atoms with Crippen molar-refractivity contribution < 1.29 is 5.11 Å². The smallest absolute Gasteiger partial charge is 0.0619 e. The van der Waals surface area contributed by atoms with E-state index in [9.17, 15) is 5.11 Å². The first-order valence-corrected chi connectivity index (χ1v) is 31.3. The molecule has 0 aliphatic heterocycles. The second-order valence-electron chi connectivity index (χ2n) is 27.0. The van der Waals surface area contributed by atoms with Crippen LogP contribution in [0.1, 0.15) is 217 Å². The van der Waals surface area contributed by atoms with Gasteiger partial charge in [-0.05, 0) is 216 Å². The summed E-state index contributed by atoms with van der Waals surface area (Å²) in [6.45, 7) is 11.9. The summed E-state index contributed by atoms with van der Waals surface area (Å²) in [6.07, 6.45) is 33.2. The van der Waals surface area contributed by atoms with Gasteiger partial charge in [-0.15, -0.1) is 0 Å². The molecule has 5 saturated carbocycles. The van der Waals surface area contributed by atoms with E-state index in [1.54, 1.807) is 22.3 Å². The van der Waals surface area contributed by atoms with Crippen LogP contribution >= 0.6 is 0 Å². The van der Waals surface area contributed by atoms with Gasteiger partial charge in [0.05, 0.1) is 5.60 Å². The second-order valence-corrected chi connectivity index (χ2v) is 27.0. The lowest BCUT2D eigenvalue weighted by atomic mass is 9.70. The van der Waals surface area contributed by atoms with Gasteiger partial charge in [-0.25, -0.2) is 0 Å². The third kappa shape index (κ3) is 12.3. The average molecular weight is 1030 g/mol. The predicted octanol–water partition coefficient (Wildman–Crippen LogP) is 22.6. The molecule has 0 unspecified atom stereocenters. The first-order valence-electron chi connectivity index (χ1n) is 31.3. The number of fused-ring (bicyclic) bond motifs is 6. The summed E-state index contributed by atoms with van der Waals surface area (Å²) in [5.74, 6) is 0. The van der Waals surface area contributed by atoms with E-state index in [1.165, 1.54) is 212 Å². The lowest BCUT2D eigenvalue weighted by Crippen LogP contribution is -2.26. The highest BCUT2D eigenvalue weighted by atomic mass is 16.3. The summed E-state index contributed by atoms with van der Waals surface area (Å²) < 4.78 is 0. The zero-order chi connectivity index (χ0) is 53.8. The van der Waals surface area contributed by atoms with Gasteiger partial charge in [-0.2, -0.15) is 0 Å². The van der Waals surface area contributed by atoms with Gasteiger partial charge in [-0.1, -0.05) is 245 Å². The molecule has 0 heterocycles. The van der Waals surface area contributed by atoms with Gasteiger partial charge in [0.15, 0.2) is 0 Å². The minimum Gasteiger partial charge on any atom is -0.390 e. The van der Waals surface area contributed by atoms with E-state index in [-0.39, 0.29) is 5.60 Å². The summed E-state index contributed by atoms with van der Waals surface area (Å²) in [6, 6.07) is 60.2. The normalized spacial score (nSPS) is 20.4. The van der Waals surface area contributed by atoms with Crippen molar-refractivity contribution in [3.05, 3.63) is 180 Å². The Bertz CT molecular complexity index is 3210. The largest absolute Gasteiger partial charge is 0.390 e. The molecule has 9 aromatic rings. The van der Waals surface area contributed by atoms with E-state index in [4.69, 9.17) is 0 Å². The van der Waals surface area contributed by atoms with E-state index in [2.05, 4.69) is 185 Å². The van der Waals surface area contributed by atoms with Crippen molar-refractivity contribution in [3.63, 3.8) is 0 Å². The molecule has 0 bridgehead atoms.